The molecule has 0 saturated heterocycles. The Bertz CT molecular complexity index is 207. The lowest BCUT2D eigenvalue weighted by Gasteiger charge is -2.49. The van der Waals surface area contributed by atoms with E-state index in [-0.39, 0.29) is 8.41 Å². The fourth-order valence-electron chi connectivity index (χ4n) is 5.28. The first-order valence-corrected chi connectivity index (χ1v) is 8.17. The van der Waals surface area contributed by atoms with Crippen LogP contribution in [0.4, 0.5) is 0 Å². The van der Waals surface area contributed by atoms with E-state index in [2.05, 4.69) is 7.05 Å². The molecule has 0 aromatic rings. The number of rotatable bonds is 3. The van der Waals surface area contributed by atoms with E-state index < -0.39 is 0 Å². The lowest BCUT2D eigenvalue weighted by molar-refractivity contribution is -0.976. The SMILES string of the molecule is C[N+](C1CCCC1)(C1CCCC1)C1CCCC1.[B]. The minimum atomic E-state index is 0. The van der Waals surface area contributed by atoms with E-state index in [1.165, 1.54) is 81.5 Å². The van der Waals surface area contributed by atoms with E-state index >= 15 is 0 Å². The van der Waals surface area contributed by atoms with Crippen molar-refractivity contribution in [3.05, 3.63) is 0 Å². The van der Waals surface area contributed by atoms with Crippen LogP contribution in [-0.4, -0.2) is 38.1 Å². The van der Waals surface area contributed by atoms with Crippen molar-refractivity contribution in [2.24, 2.45) is 0 Å². The summed E-state index contributed by atoms with van der Waals surface area (Å²) >= 11 is 0. The fraction of sp³-hybridized carbons (Fsp3) is 1.00. The number of quaternary nitrogens is 1. The maximum Gasteiger partial charge on any atom is 0.0892 e. The van der Waals surface area contributed by atoms with Gasteiger partial charge in [0.05, 0.1) is 25.2 Å². The Labute approximate surface area is 115 Å². The molecule has 101 valence electrons. The highest BCUT2D eigenvalue weighted by Crippen LogP contribution is 2.42. The van der Waals surface area contributed by atoms with E-state index in [0.29, 0.717) is 0 Å². The van der Waals surface area contributed by atoms with E-state index in [1.54, 1.807) is 0 Å². The molecule has 0 spiro atoms. The van der Waals surface area contributed by atoms with Crippen LogP contribution in [0.2, 0.25) is 0 Å². The molecule has 18 heavy (non-hydrogen) atoms. The number of nitrogens with zero attached hydrogens (tertiary/aromatic N) is 1. The molecule has 3 aliphatic rings. The van der Waals surface area contributed by atoms with Crippen LogP contribution < -0.4 is 0 Å². The summed E-state index contributed by atoms with van der Waals surface area (Å²) in [5.41, 5.74) is 0. The van der Waals surface area contributed by atoms with Gasteiger partial charge >= 0.3 is 0 Å². The molecule has 0 atom stereocenters. The Morgan fingerprint density at radius 1 is 0.556 bits per heavy atom. The molecule has 0 heterocycles. The predicted molar refractivity (Wildman–Crippen MR) is 78.7 cm³/mol. The smallest absolute Gasteiger partial charge is 0.0892 e. The summed E-state index contributed by atoms with van der Waals surface area (Å²) in [4.78, 5) is 0. The van der Waals surface area contributed by atoms with E-state index in [1.807, 2.05) is 0 Å². The Morgan fingerprint density at radius 2 is 0.778 bits per heavy atom. The van der Waals surface area contributed by atoms with Gasteiger partial charge in [0, 0.05) is 8.41 Å². The first kappa shape index (κ1) is 14.4. The Hall–Kier alpha value is 0.0249. The van der Waals surface area contributed by atoms with Crippen molar-refractivity contribution >= 4 is 8.41 Å². The van der Waals surface area contributed by atoms with Gasteiger partial charge in [0.1, 0.15) is 0 Å². The summed E-state index contributed by atoms with van der Waals surface area (Å²) < 4.78 is 1.50. The molecular formula is C16H30BN+. The molecule has 3 aliphatic carbocycles. The molecule has 3 fully saturated rings. The van der Waals surface area contributed by atoms with Crippen LogP contribution in [0.1, 0.15) is 77.0 Å². The van der Waals surface area contributed by atoms with Crippen molar-refractivity contribution in [1.29, 1.82) is 0 Å². The molecule has 0 bridgehead atoms. The van der Waals surface area contributed by atoms with Crippen molar-refractivity contribution in [2.75, 3.05) is 7.05 Å². The minimum absolute atomic E-state index is 0. The summed E-state index contributed by atoms with van der Waals surface area (Å²) in [6, 6.07) is 3.09. The summed E-state index contributed by atoms with van der Waals surface area (Å²) in [7, 11) is 2.65. The van der Waals surface area contributed by atoms with E-state index in [4.69, 9.17) is 0 Å². The summed E-state index contributed by atoms with van der Waals surface area (Å²) in [6.45, 7) is 0. The average Bonchev–Trinajstić information content (AvgIpc) is 3.10. The monoisotopic (exact) mass is 247 g/mol. The highest BCUT2D eigenvalue weighted by atomic mass is 15.4. The van der Waals surface area contributed by atoms with Crippen LogP contribution in [0.3, 0.4) is 0 Å². The highest BCUT2D eigenvalue weighted by molar-refractivity contribution is 5.75. The minimum Gasteiger partial charge on any atom is -0.319 e. The highest BCUT2D eigenvalue weighted by Gasteiger charge is 2.48. The molecule has 3 rings (SSSR count). The quantitative estimate of drug-likeness (QED) is 0.524. The first-order chi connectivity index (χ1) is 8.32. The normalized spacial score (nSPS) is 27.8. The third-order valence-corrected chi connectivity index (χ3v) is 6.33. The van der Waals surface area contributed by atoms with Crippen molar-refractivity contribution in [2.45, 2.75) is 95.2 Å². The van der Waals surface area contributed by atoms with Crippen LogP contribution in [0, 0.1) is 0 Å². The summed E-state index contributed by atoms with van der Waals surface area (Å²) in [6.07, 6.45) is 18.3. The second-order valence-electron chi connectivity index (χ2n) is 7.04. The zero-order valence-corrected chi connectivity index (χ0v) is 12.2. The second-order valence-corrected chi connectivity index (χ2v) is 7.04. The topological polar surface area (TPSA) is 0 Å². The Balaban J connectivity index is 0.00000120. The molecular weight excluding hydrogens is 217 g/mol. The van der Waals surface area contributed by atoms with Gasteiger partial charge in [-0.25, -0.2) is 0 Å². The van der Waals surface area contributed by atoms with Gasteiger partial charge < -0.3 is 4.48 Å². The standard InChI is InChI=1S/C16H30N.B/c1-17(14-8-2-3-9-14,15-10-4-5-11-15)16-12-6-7-13-16;/h14-16H,2-13H2,1H3;/q+1;. The average molecular weight is 247 g/mol. The summed E-state index contributed by atoms with van der Waals surface area (Å²) in [5.74, 6) is 0. The van der Waals surface area contributed by atoms with Gasteiger partial charge in [-0.05, 0) is 77.0 Å². The van der Waals surface area contributed by atoms with Crippen LogP contribution in [-0.2, 0) is 0 Å². The third-order valence-electron chi connectivity index (χ3n) is 6.33. The molecule has 0 aromatic heterocycles. The van der Waals surface area contributed by atoms with Gasteiger partial charge in [-0.2, -0.15) is 0 Å². The molecule has 0 aliphatic heterocycles. The maximum absolute atomic E-state index is 2.65. The fourth-order valence-corrected chi connectivity index (χ4v) is 5.28. The van der Waals surface area contributed by atoms with Crippen molar-refractivity contribution in [1.82, 2.24) is 0 Å². The van der Waals surface area contributed by atoms with Gasteiger partial charge in [0.25, 0.3) is 0 Å². The molecule has 0 aromatic carbocycles. The lowest BCUT2D eigenvalue weighted by Crippen LogP contribution is -2.62. The largest absolute Gasteiger partial charge is 0.319 e. The van der Waals surface area contributed by atoms with Crippen LogP contribution in [0.5, 0.6) is 0 Å². The van der Waals surface area contributed by atoms with Gasteiger partial charge in [0.2, 0.25) is 0 Å². The first-order valence-electron chi connectivity index (χ1n) is 8.17. The van der Waals surface area contributed by atoms with Crippen molar-refractivity contribution in [3.8, 4) is 0 Å². The number of hydrogen-bond donors (Lipinski definition) is 0. The predicted octanol–water partition coefficient (Wildman–Crippen LogP) is 3.88. The number of hydrogen-bond acceptors (Lipinski definition) is 0. The van der Waals surface area contributed by atoms with Crippen molar-refractivity contribution < 1.29 is 4.48 Å². The van der Waals surface area contributed by atoms with Gasteiger partial charge in [0.15, 0.2) is 0 Å². The lowest BCUT2D eigenvalue weighted by atomic mass is 9.98. The van der Waals surface area contributed by atoms with Crippen molar-refractivity contribution in [3.63, 3.8) is 0 Å². The molecule has 2 heteroatoms. The Morgan fingerprint density at radius 3 is 1.00 bits per heavy atom. The second kappa shape index (κ2) is 5.99. The van der Waals surface area contributed by atoms with Gasteiger partial charge in [-0.3, -0.25) is 0 Å². The van der Waals surface area contributed by atoms with Crippen LogP contribution in [0.15, 0.2) is 0 Å². The van der Waals surface area contributed by atoms with Gasteiger partial charge in [-0.1, -0.05) is 0 Å². The molecule has 0 unspecified atom stereocenters. The van der Waals surface area contributed by atoms with E-state index in [9.17, 15) is 0 Å². The molecule has 1 nitrogen and oxygen atoms in total. The molecule has 0 amide bonds. The molecule has 3 radical (unpaired) electrons. The maximum atomic E-state index is 2.65. The molecule has 3 saturated carbocycles. The van der Waals surface area contributed by atoms with Crippen LogP contribution >= 0.6 is 0 Å². The molecule has 0 N–H and O–H groups in total. The van der Waals surface area contributed by atoms with Gasteiger partial charge in [-0.15, -0.1) is 0 Å². The van der Waals surface area contributed by atoms with Crippen LogP contribution in [0.25, 0.3) is 0 Å². The third kappa shape index (κ3) is 2.38. The van der Waals surface area contributed by atoms with E-state index in [0.717, 1.165) is 18.1 Å². The zero-order valence-electron chi connectivity index (χ0n) is 12.2. The Kier molecular flexibility index (Phi) is 4.80. The summed E-state index contributed by atoms with van der Waals surface area (Å²) in [5, 5.41) is 0. The zero-order chi connectivity index (χ0) is 11.7.